The molecular weight excluding hydrogens is 236 g/mol. The minimum absolute atomic E-state index is 0.157. The molecular formula is C10H12N6O2. The van der Waals surface area contributed by atoms with E-state index < -0.39 is 4.92 Å². The van der Waals surface area contributed by atoms with Gasteiger partial charge < -0.3 is 5.32 Å². The van der Waals surface area contributed by atoms with Crippen molar-refractivity contribution in [3.63, 3.8) is 0 Å². The Hall–Kier alpha value is -2.51. The van der Waals surface area contributed by atoms with Gasteiger partial charge in [0.25, 0.3) is 0 Å². The quantitative estimate of drug-likeness (QED) is 0.634. The first kappa shape index (κ1) is 12.0. The second-order valence-corrected chi connectivity index (χ2v) is 3.56. The third-order valence-corrected chi connectivity index (χ3v) is 2.23. The average molecular weight is 248 g/mol. The summed E-state index contributed by atoms with van der Waals surface area (Å²) in [5, 5.41) is 13.9. The molecule has 0 radical (unpaired) electrons. The lowest BCUT2D eigenvalue weighted by atomic mass is 10.4. The molecule has 8 nitrogen and oxygen atoms in total. The van der Waals surface area contributed by atoms with Crippen LogP contribution in [0.1, 0.15) is 13.3 Å². The lowest BCUT2D eigenvalue weighted by molar-refractivity contribution is -0.385. The summed E-state index contributed by atoms with van der Waals surface area (Å²) in [5.74, 6) is 0.567. The minimum Gasteiger partial charge on any atom is -0.354 e. The molecule has 0 unspecified atom stereocenters. The molecule has 0 aliphatic heterocycles. The predicted octanol–water partition coefficient (Wildman–Crippen LogP) is 1.39. The van der Waals surface area contributed by atoms with Crippen LogP contribution in [-0.4, -0.2) is 31.0 Å². The highest BCUT2D eigenvalue weighted by Gasteiger charge is 2.18. The molecule has 2 aromatic rings. The summed E-state index contributed by atoms with van der Waals surface area (Å²) >= 11 is 0. The van der Waals surface area contributed by atoms with Gasteiger partial charge in [0.15, 0.2) is 0 Å². The van der Waals surface area contributed by atoms with Crippen LogP contribution in [0.25, 0.3) is 5.82 Å². The van der Waals surface area contributed by atoms with Crippen LogP contribution in [-0.2, 0) is 0 Å². The number of nitrogens with one attached hydrogen (secondary N) is 1. The smallest absolute Gasteiger partial charge is 0.330 e. The second-order valence-electron chi connectivity index (χ2n) is 3.56. The van der Waals surface area contributed by atoms with Crippen LogP contribution in [0.2, 0.25) is 0 Å². The van der Waals surface area contributed by atoms with Gasteiger partial charge in [-0.05, 0) is 6.42 Å². The summed E-state index contributed by atoms with van der Waals surface area (Å²) < 4.78 is 1.48. The maximum atomic E-state index is 10.9. The van der Waals surface area contributed by atoms with E-state index >= 15 is 0 Å². The Morgan fingerprint density at radius 1 is 1.56 bits per heavy atom. The summed E-state index contributed by atoms with van der Waals surface area (Å²) in [6.07, 6.45) is 6.70. The standard InChI is InChI=1S/C10H12N6O2/c1-2-3-12-10-13-6-8(16(17)18)9(14-10)15-5-4-11-7-15/h4-7H,2-3H2,1H3,(H,12,13,14). The summed E-state index contributed by atoms with van der Waals surface area (Å²) in [6, 6.07) is 0. The predicted molar refractivity (Wildman–Crippen MR) is 64.6 cm³/mol. The molecule has 8 heteroatoms. The van der Waals surface area contributed by atoms with Crippen LogP contribution >= 0.6 is 0 Å². The van der Waals surface area contributed by atoms with Crippen molar-refractivity contribution < 1.29 is 4.92 Å². The Balaban J connectivity index is 2.42. The highest BCUT2D eigenvalue weighted by atomic mass is 16.6. The fraction of sp³-hybridized carbons (Fsp3) is 0.300. The second kappa shape index (κ2) is 5.21. The highest BCUT2D eigenvalue weighted by Crippen LogP contribution is 2.20. The number of nitro groups is 1. The number of hydrogen-bond acceptors (Lipinski definition) is 6. The fourth-order valence-electron chi connectivity index (χ4n) is 1.39. The number of hydrogen-bond donors (Lipinski definition) is 1. The summed E-state index contributed by atoms with van der Waals surface area (Å²) in [6.45, 7) is 2.72. The van der Waals surface area contributed by atoms with Gasteiger partial charge in [-0.2, -0.15) is 4.98 Å². The van der Waals surface area contributed by atoms with Crippen molar-refractivity contribution in [2.45, 2.75) is 13.3 Å². The molecule has 0 spiro atoms. The fourth-order valence-corrected chi connectivity index (χ4v) is 1.39. The lowest BCUT2D eigenvalue weighted by Gasteiger charge is -2.06. The molecule has 0 saturated heterocycles. The molecule has 94 valence electrons. The van der Waals surface area contributed by atoms with Crippen molar-refractivity contribution in [2.24, 2.45) is 0 Å². The Kier molecular flexibility index (Phi) is 3.46. The van der Waals surface area contributed by atoms with Crippen molar-refractivity contribution in [3.8, 4) is 5.82 Å². The van der Waals surface area contributed by atoms with Crippen LogP contribution in [0.5, 0.6) is 0 Å². The molecule has 0 atom stereocenters. The molecule has 2 rings (SSSR count). The van der Waals surface area contributed by atoms with Gasteiger partial charge in [0.2, 0.25) is 11.8 Å². The highest BCUT2D eigenvalue weighted by molar-refractivity contribution is 5.48. The Morgan fingerprint density at radius 3 is 3.00 bits per heavy atom. The van der Waals surface area contributed by atoms with Gasteiger partial charge in [-0.15, -0.1) is 0 Å². The summed E-state index contributed by atoms with van der Waals surface area (Å²) in [5.41, 5.74) is -0.157. The van der Waals surface area contributed by atoms with Crippen molar-refractivity contribution in [3.05, 3.63) is 35.0 Å². The van der Waals surface area contributed by atoms with E-state index in [1.54, 1.807) is 6.20 Å². The molecule has 0 aliphatic rings. The average Bonchev–Trinajstić information content (AvgIpc) is 2.89. The number of nitrogens with zero attached hydrogens (tertiary/aromatic N) is 5. The SMILES string of the molecule is CCCNc1ncc([N+](=O)[O-])c(-n2ccnc2)n1. The zero-order valence-corrected chi connectivity index (χ0v) is 9.78. The van der Waals surface area contributed by atoms with E-state index in [2.05, 4.69) is 20.3 Å². The van der Waals surface area contributed by atoms with E-state index in [1.165, 1.54) is 23.3 Å². The van der Waals surface area contributed by atoms with Gasteiger partial charge in [-0.3, -0.25) is 14.7 Å². The lowest BCUT2D eigenvalue weighted by Crippen LogP contribution is -2.08. The van der Waals surface area contributed by atoms with E-state index in [0.717, 1.165) is 6.42 Å². The van der Waals surface area contributed by atoms with Crippen LogP contribution in [0.4, 0.5) is 11.6 Å². The first-order chi connectivity index (χ1) is 8.72. The molecule has 0 aromatic carbocycles. The zero-order chi connectivity index (χ0) is 13.0. The van der Waals surface area contributed by atoms with Crippen molar-refractivity contribution in [1.29, 1.82) is 0 Å². The van der Waals surface area contributed by atoms with Crippen molar-refractivity contribution in [2.75, 3.05) is 11.9 Å². The van der Waals surface area contributed by atoms with Gasteiger partial charge >= 0.3 is 5.69 Å². The molecule has 0 fully saturated rings. The molecule has 2 heterocycles. The Morgan fingerprint density at radius 2 is 2.39 bits per heavy atom. The third kappa shape index (κ3) is 2.42. The number of aromatic nitrogens is 4. The number of imidazole rings is 1. The maximum Gasteiger partial charge on any atom is 0.330 e. The molecule has 1 N–H and O–H groups in total. The third-order valence-electron chi connectivity index (χ3n) is 2.23. The first-order valence-corrected chi connectivity index (χ1v) is 5.46. The monoisotopic (exact) mass is 248 g/mol. The van der Waals surface area contributed by atoms with E-state index in [1.807, 2.05) is 6.92 Å². The van der Waals surface area contributed by atoms with E-state index in [4.69, 9.17) is 0 Å². The van der Waals surface area contributed by atoms with Gasteiger partial charge in [-0.25, -0.2) is 9.97 Å². The van der Waals surface area contributed by atoms with Crippen LogP contribution in [0.3, 0.4) is 0 Å². The number of rotatable bonds is 5. The van der Waals surface area contributed by atoms with Crippen LogP contribution in [0.15, 0.2) is 24.9 Å². The van der Waals surface area contributed by atoms with Gasteiger partial charge in [0, 0.05) is 18.9 Å². The minimum atomic E-state index is -0.515. The van der Waals surface area contributed by atoms with Gasteiger partial charge in [-0.1, -0.05) is 6.92 Å². The molecule has 18 heavy (non-hydrogen) atoms. The van der Waals surface area contributed by atoms with Crippen LogP contribution in [0, 0.1) is 10.1 Å². The Bertz CT molecular complexity index is 539. The van der Waals surface area contributed by atoms with E-state index in [9.17, 15) is 10.1 Å². The van der Waals surface area contributed by atoms with Crippen molar-refractivity contribution >= 4 is 11.6 Å². The van der Waals surface area contributed by atoms with E-state index in [0.29, 0.717) is 12.5 Å². The van der Waals surface area contributed by atoms with E-state index in [-0.39, 0.29) is 11.5 Å². The van der Waals surface area contributed by atoms with Crippen LogP contribution < -0.4 is 5.32 Å². The molecule has 0 amide bonds. The molecule has 2 aromatic heterocycles. The molecule has 0 saturated carbocycles. The maximum absolute atomic E-state index is 10.9. The largest absolute Gasteiger partial charge is 0.354 e. The van der Waals surface area contributed by atoms with Crippen molar-refractivity contribution in [1.82, 2.24) is 19.5 Å². The van der Waals surface area contributed by atoms with Gasteiger partial charge in [0.1, 0.15) is 12.5 Å². The van der Waals surface area contributed by atoms with Gasteiger partial charge in [0.05, 0.1) is 4.92 Å². The normalized spacial score (nSPS) is 10.3. The zero-order valence-electron chi connectivity index (χ0n) is 9.78. The topological polar surface area (TPSA) is 98.8 Å². The molecule has 0 bridgehead atoms. The molecule has 0 aliphatic carbocycles. The summed E-state index contributed by atoms with van der Waals surface area (Å²) in [4.78, 5) is 22.3. The Labute approximate surface area is 103 Å². The first-order valence-electron chi connectivity index (χ1n) is 5.46. The number of anilines is 1. The summed E-state index contributed by atoms with van der Waals surface area (Å²) in [7, 11) is 0.